The summed E-state index contributed by atoms with van der Waals surface area (Å²) < 4.78 is 18.6. The van der Waals surface area contributed by atoms with Crippen LogP contribution >= 0.6 is 11.6 Å². The molecule has 0 radical (unpaired) electrons. The molecule has 1 aromatic heterocycles. The molecule has 0 aliphatic heterocycles. The highest BCUT2D eigenvalue weighted by molar-refractivity contribution is 6.30. The van der Waals surface area contributed by atoms with Crippen molar-refractivity contribution < 1.29 is 8.81 Å². The van der Waals surface area contributed by atoms with Crippen LogP contribution in [0.5, 0.6) is 0 Å². The number of para-hydroxylation sites is 1. The Morgan fingerprint density at radius 2 is 2.00 bits per heavy atom. The Bertz CT molecular complexity index is 703. The van der Waals surface area contributed by atoms with E-state index in [-0.39, 0.29) is 5.82 Å². The minimum absolute atomic E-state index is 0.355. The molecule has 0 unspecified atom stereocenters. The summed E-state index contributed by atoms with van der Waals surface area (Å²) >= 11 is 5.81. The van der Waals surface area contributed by atoms with Crippen LogP contribution in [0.2, 0.25) is 5.02 Å². The van der Waals surface area contributed by atoms with Gasteiger partial charge >= 0.3 is 0 Å². The molecular formula is C15H11ClFNO. The van der Waals surface area contributed by atoms with Gasteiger partial charge in [0.15, 0.2) is 0 Å². The van der Waals surface area contributed by atoms with Crippen LogP contribution in [0.4, 0.5) is 10.1 Å². The first kappa shape index (κ1) is 12.1. The van der Waals surface area contributed by atoms with Crippen molar-refractivity contribution in [1.29, 1.82) is 0 Å². The lowest BCUT2D eigenvalue weighted by Crippen LogP contribution is -1.98. The molecule has 0 bridgehead atoms. The third-order valence-electron chi connectivity index (χ3n) is 2.91. The van der Waals surface area contributed by atoms with E-state index in [2.05, 4.69) is 5.32 Å². The molecule has 0 saturated heterocycles. The third-order valence-corrected chi connectivity index (χ3v) is 3.12. The summed E-state index contributed by atoms with van der Waals surface area (Å²) in [6.07, 6.45) is 1.71. The van der Waals surface area contributed by atoms with Crippen molar-refractivity contribution >= 4 is 28.3 Å². The number of benzene rings is 2. The number of hydrogen-bond acceptors (Lipinski definition) is 2. The Morgan fingerprint density at radius 3 is 2.84 bits per heavy atom. The van der Waals surface area contributed by atoms with E-state index in [1.54, 1.807) is 12.3 Å². The van der Waals surface area contributed by atoms with Crippen LogP contribution in [0.25, 0.3) is 11.0 Å². The first-order chi connectivity index (χ1) is 9.22. The molecule has 3 aromatic rings. The second kappa shape index (κ2) is 4.94. The molecule has 96 valence electrons. The molecule has 1 N–H and O–H groups in total. The maximum absolute atomic E-state index is 13.2. The minimum Gasteiger partial charge on any atom is -0.464 e. The van der Waals surface area contributed by atoms with Gasteiger partial charge in [-0.15, -0.1) is 0 Å². The number of fused-ring (bicyclic) bond motifs is 1. The molecule has 19 heavy (non-hydrogen) atoms. The first-order valence-corrected chi connectivity index (χ1v) is 6.25. The molecule has 4 heteroatoms. The van der Waals surface area contributed by atoms with E-state index in [1.807, 2.05) is 24.3 Å². The smallest absolute Gasteiger partial charge is 0.134 e. The Labute approximate surface area is 114 Å². The fraction of sp³-hybridized carbons (Fsp3) is 0.0667. The van der Waals surface area contributed by atoms with Gasteiger partial charge < -0.3 is 9.73 Å². The van der Waals surface area contributed by atoms with Crippen molar-refractivity contribution in [2.45, 2.75) is 6.54 Å². The highest BCUT2D eigenvalue weighted by atomic mass is 35.5. The normalized spacial score (nSPS) is 10.8. The highest BCUT2D eigenvalue weighted by Gasteiger charge is 2.05. The van der Waals surface area contributed by atoms with E-state index in [4.69, 9.17) is 16.0 Å². The Kier molecular flexibility index (Phi) is 3.13. The summed E-state index contributed by atoms with van der Waals surface area (Å²) in [6, 6.07) is 12.2. The van der Waals surface area contributed by atoms with E-state index in [9.17, 15) is 4.39 Å². The topological polar surface area (TPSA) is 25.2 Å². The van der Waals surface area contributed by atoms with Crippen LogP contribution in [-0.4, -0.2) is 0 Å². The van der Waals surface area contributed by atoms with E-state index >= 15 is 0 Å². The summed E-state index contributed by atoms with van der Waals surface area (Å²) in [6.45, 7) is 0.552. The monoisotopic (exact) mass is 275 g/mol. The summed E-state index contributed by atoms with van der Waals surface area (Å²) in [5.74, 6) is -0.355. The van der Waals surface area contributed by atoms with Crippen LogP contribution in [0.1, 0.15) is 5.56 Å². The molecule has 2 nitrogen and oxygen atoms in total. The third kappa shape index (κ3) is 2.56. The van der Waals surface area contributed by atoms with Gasteiger partial charge in [0.1, 0.15) is 11.4 Å². The zero-order chi connectivity index (χ0) is 13.2. The van der Waals surface area contributed by atoms with Crippen LogP contribution in [-0.2, 0) is 6.54 Å². The zero-order valence-corrected chi connectivity index (χ0v) is 10.7. The lowest BCUT2D eigenvalue weighted by atomic mass is 10.2. The zero-order valence-electron chi connectivity index (χ0n) is 9.99. The molecule has 0 spiro atoms. The predicted molar refractivity (Wildman–Crippen MR) is 75.0 cm³/mol. The van der Waals surface area contributed by atoms with E-state index < -0.39 is 0 Å². The molecule has 0 aliphatic rings. The van der Waals surface area contributed by atoms with Gasteiger partial charge in [-0.05, 0) is 24.3 Å². The Balaban J connectivity index is 1.82. The van der Waals surface area contributed by atoms with Crippen molar-refractivity contribution in [2.24, 2.45) is 0 Å². The Morgan fingerprint density at radius 1 is 1.16 bits per heavy atom. The van der Waals surface area contributed by atoms with Crippen LogP contribution in [0.3, 0.4) is 0 Å². The van der Waals surface area contributed by atoms with Gasteiger partial charge in [-0.25, -0.2) is 4.39 Å². The second-order valence-corrected chi connectivity index (χ2v) is 4.71. The van der Waals surface area contributed by atoms with E-state index in [1.165, 1.54) is 12.1 Å². The van der Waals surface area contributed by atoms with E-state index in [0.717, 1.165) is 16.5 Å². The molecule has 0 fully saturated rings. The van der Waals surface area contributed by atoms with Gasteiger partial charge in [0.2, 0.25) is 0 Å². The van der Waals surface area contributed by atoms with Gasteiger partial charge in [-0.2, -0.15) is 0 Å². The quantitative estimate of drug-likeness (QED) is 0.740. The number of nitrogens with one attached hydrogen (secondary N) is 1. The summed E-state index contributed by atoms with van der Waals surface area (Å²) in [4.78, 5) is 0. The number of anilines is 1. The maximum atomic E-state index is 13.2. The number of hydrogen-bond donors (Lipinski definition) is 1. The van der Waals surface area contributed by atoms with Crippen LogP contribution in [0.15, 0.2) is 53.1 Å². The van der Waals surface area contributed by atoms with Crippen molar-refractivity contribution in [3.05, 3.63) is 65.1 Å². The molecule has 0 amide bonds. The molecule has 0 atom stereocenters. The highest BCUT2D eigenvalue weighted by Crippen LogP contribution is 2.23. The number of rotatable bonds is 3. The average molecular weight is 276 g/mol. The minimum atomic E-state index is -0.355. The largest absolute Gasteiger partial charge is 0.464 e. The van der Waals surface area contributed by atoms with Gasteiger partial charge in [0, 0.05) is 28.2 Å². The fourth-order valence-electron chi connectivity index (χ4n) is 2.02. The molecule has 0 aliphatic carbocycles. The fourth-order valence-corrected chi connectivity index (χ4v) is 2.24. The molecule has 3 rings (SSSR count). The van der Waals surface area contributed by atoms with Gasteiger partial charge in [-0.1, -0.05) is 29.8 Å². The average Bonchev–Trinajstić information content (AvgIpc) is 2.78. The second-order valence-electron chi connectivity index (χ2n) is 4.27. The summed E-state index contributed by atoms with van der Waals surface area (Å²) in [5.41, 5.74) is 2.52. The van der Waals surface area contributed by atoms with Crippen molar-refractivity contribution in [2.75, 3.05) is 5.32 Å². The standard InChI is InChI=1S/C15H11ClFNO/c16-11-5-12(17)7-13(6-11)18-8-10-9-19-15-4-2-1-3-14(10)15/h1-7,9,18H,8H2. The lowest BCUT2D eigenvalue weighted by Gasteiger charge is -2.06. The van der Waals surface area contributed by atoms with Crippen LogP contribution < -0.4 is 5.32 Å². The number of halogens is 2. The first-order valence-electron chi connectivity index (χ1n) is 5.87. The van der Waals surface area contributed by atoms with Crippen molar-refractivity contribution in [3.8, 4) is 0 Å². The predicted octanol–water partition coefficient (Wildman–Crippen LogP) is 4.84. The lowest BCUT2D eigenvalue weighted by molar-refractivity contribution is 0.611. The molecule has 2 aromatic carbocycles. The van der Waals surface area contributed by atoms with Crippen LogP contribution in [0, 0.1) is 5.82 Å². The van der Waals surface area contributed by atoms with Gasteiger partial charge in [-0.3, -0.25) is 0 Å². The SMILES string of the molecule is Fc1cc(Cl)cc(NCc2coc3ccccc23)c1. The van der Waals surface area contributed by atoms with E-state index in [0.29, 0.717) is 17.3 Å². The summed E-state index contributed by atoms with van der Waals surface area (Å²) in [7, 11) is 0. The number of furan rings is 1. The Hall–Kier alpha value is -2.00. The summed E-state index contributed by atoms with van der Waals surface area (Å²) in [5, 5.41) is 4.56. The van der Waals surface area contributed by atoms with Gasteiger partial charge in [0.05, 0.1) is 6.26 Å². The molecule has 1 heterocycles. The molecule has 0 saturated carbocycles. The molecular weight excluding hydrogens is 265 g/mol. The van der Waals surface area contributed by atoms with Crippen molar-refractivity contribution in [1.82, 2.24) is 0 Å². The van der Waals surface area contributed by atoms with Crippen molar-refractivity contribution in [3.63, 3.8) is 0 Å². The maximum Gasteiger partial charge on any atom is 0.134 e. The van der Waals surface area contributed by atoms with Gasteiger partial charge in [0.25, 0.3) is 0 Å².